The first kappa shape index (κ1) is 13.1. The third-order valence-electron chi connectivity index (χ3n) is 3.43. The van der Waals surface area contributed by atoms with Crippen molar-refractivity contribution in [2.24, 2.45) is 0 Å². The Bertz CT molecular complexity index is 590. The van der Waals surface area contributed by atoms with Crippen molar-refractivity contribution in [2.75, 3.05) is 7.05 Å². The molecule has 0 aliphatic heterocycles. The molecule has 0 radical (unpaired) electrons. The molecule has 0 heterocycles. The number of hydrogen-bond acceptors (Lipinski definition) is 2. The van der Waals surface area contributed by atoms with Crippen molar-refractivity contribution in [3.63, 3.8) is 0 Å². The monoisotopic (exact) mass is 271 g/mol. The highest BCUT2D eigenvalue weighted by Crippen LogP contribution is 2.30. The third kappa shape index (κ3) is 2.99. The number of nitrogens with one attached hydrogen (secondary N) is 1. The van der Waals surface area contributed by atoms with Gasteiger partial charge in [-0.1, -0.05) is 18.2 Å². The standard InChI is InChI=1S/C17H18FNO/c1-19-11-13-2-5-14(18)10-17(13)12-3-6-15(7-4-12)20-16-8-9-16/h2-7,10,16,19H,8-9,11H2,1H3. The lowest BCUT2D eigenvalue weighted by Crippen LogP contribution is -2.06. The fourth-order valence-corrected chi connectivity index (χ4v) is 2.25. The predicted octanol–water partition coefficient (Wildman–Crippen LogP) is 3.75. The fourth-order valence-electron chi connectivity index (χ4n) is 2.25. The van der Waals surface area contributed by atoms with Gasteiger partial charge in [-0.25, -0.2) is 4.39 Å². The smallest absolute Gasteiger partial charge is 0.123 e. The summed E-state index contributed by atoms with van der Waals surface area (Å²) in [5, 5.41) is 3.11. The molecule has 1 N–H and O–H groups in total. The van der Waals surface area contributed by atoms with Gasteiger partial charge in [0.1, 0.15) is 11.6 Å². The minimum atomic E-state index is -0.210. The van der Waals surface area contributed by atoms with E-state index in [-0.39, 0.29) is 5.82 Å². The van der Waals surface area contributed by atoms with Gasteiger partial charge in [0.25, 0.3) is 0 Å². The number of benzene rings is 2. The lowest BCUT2D eigenvalue weighted by atomic mass is 9.99. The molecule has 1 aliphatic carbocycles. The van der Waals surface area contributed by atoms with Gasteiger partial charge >= 0.3 is 0 Å². The Kier molecular flexibility index (Phi) is 3.70. The first-order valence-corrected chi connectivity index (χ1v) is 6.96. The van der Waals surface area contributed by atoms with Crippen LogP contribution in [0.3, 0.4) is 0 Å². The van der Waals surface area contributed by atoms with E-state index in [1.165, 1.54) is 6.07 Å². The van der Waals surface area contributed by atoms with E-state index in [9.17, 15) is 4.39 Å². The average Bonchev–Trinajstić information content (AvgIpc) is 3.26. The maximum atomic E-state index is 13.5. The lowest BCUT2D eigenvalue weighted by molar-refractivity contribution is 0.303. The fraction of sp³-hybridized carbons (Fsp3) is 0.294. The van der Waals surface area contributed by atoms with Gasteiger partial charge in [0.15, 0.2) is 0 Å². The minimum Gasteiger partial charge on any atom is -0.490 e. The van der Waals surface area contributed by atoms with Crippen molar-refractivity contribution < 1.29 is 9.13 Å². The normalized spacial score (nSPS) is 14.3. The quantitative estimate of drug-likeness (QED) is 0.894. The maximum Gasteiger partial charge on any atom is 0.123 e. The van der Waals surface area contributed by atoms with Crippen LogP contribution in [0.5, 0.6) is 5.75 Å². The zero-order valence-corrected chi connectivity index (χ0v) is 11.5. The molecule has 0 bridgehead atoms. The summed E-state index contributed by atoms with van der Waals surface area (Å²) >= 11 is 0. The molecule has 1 saturated carbocycles. The molecule has 0 unspecified atom stereocenters. The zero-order chi connectivity index (χ0) is 13.9. The van der Waals surface area contributed by atoms with E-state index in [2.05, 4.69) is 5.32 Å². The molecule has 1 aliphatic rings. The van der Waals surface area contributed by atoms with E-state index < -0.39 is 0 Å². The summed E-state index contributed by atoms with van der Waals surface area (Å²) in [6, 6.07) is 12.8. The molecule has 3 rings (SSSR count). The van der Waals surface area contributed by atoms with Crippen molar-refractivity contribution in [2.45, 2.75) is 25.5 Å². The van der Waals surface area contributed by atoms with Gasteiger partial charge in [0.05, 0.1) is 6.10 Å². The summed E-state index contributed by atoms with van der Waals surface area (Å²) in [6.45, 7) is 0.718. The largest absolute Gasteiger partial charge is 0.490 e. The third-order valence-corrected chi connectivity index (χ3v) is 3.43. The topological polar surface area (TPSA) is 21.3 Å². The first-order valence-electron chi connectivity index (χ1n) is 6.96. The van der Waals surface area contributed by atoms with Crippen LogP contribution in [0, 0.1) is 5.82 Å². The van der Waals surface area contributed by atoms with Crippen LogP contribution in [0.15, 0.2) is 42.5 Å². The van der Waals surface area contributed by atoms with Crippen LogP contribution in [0.25, 0.3) is 11.1 Å². The predicted molar refractivity (Wildman–Crippen MR) is 78.2 cm³/mol. The number of rotatable bonds is 5. The van der Waals surface area contributed by atoms with E-state index in [4.69, 9.17) is 4.74 Å². The van der Waals surface area contributed by atoms with Gasteiger partial charge in [0, 0.05) is 6.54 Å². The van der Waals surface area contributed by atoms with Crippen molar-refractivity contribution in [3.8, 4) is 16.9 Å². The second kappa shape index (κ2) is 5.63. The molecule has 0 spiro atoms. The minimum absolute atomic E-state index is 0.210. The van der Waals surface area contributed by atoms with E-state index in [1.807, 2.05) is 37.4 Å². The van der Waals surface area contributed by atoms with Crippen LogP contribution >= 0.6 is 0 Å². The van der Waals surface area contributed by atoms with E-state index in [0.29, 0.717) is 6.10 Å². The number of ether oxygens (including phenoxy) is 1. The molecule has 0 atom stereocenters. The molecule has 20 heavy (non-hydrogen) atoms. The summed E-state index contributed by atoms with van der Waals surface area (Å²) in [6.07, 6.45) is 2.70. The van der Waals surface area contributed by atoms with Gasteiger partial charge < -0.3 is 10.1 Å². The molecular formula is C17H18FNO. The van der Waals surface area contributed by atoms with Gasteiger partial charge in [-0.3, -0.25) is 0 Å². The van der Waals surface area contributed by atoms with Crippen molar-refractivity contribution in [1.82, 2.24) is 5.32 Å². The van der Waals surface area contributed by atoms with Gasteiger partial charge in [-0.15, -0.1) is 0 Å². The molecule has 3 heteroatoms. The SMILES string of the molecule is CNCc1ccc(F)cc1-c1ccc(OC2CC2)cc1. The van der Waals surface area contributed by atoms with E-state index >= 15 is 0 Å². The Hall–Kier alpha value is -1.87. The Morgan fingerprint density at radius 1 is 1.15 bits per heavy atom. The average molecular weight is 271 g/mol. The summed E-state index contributed by atoms with van der Waals surface area (Å²) in [5.41, 5.74) is 3.03. The molecule has 0 saturated heterocycles. The van der Waals surface area contributed by atoms with Crippen LogP contribution in [0.2, 0.25) is 0 Å². The summed E-state index contributed by atoms with van der Waals surface area (Å²) in [7, 11) is 1.89. The maximum absolute atomic E-state index is 13.5. The Morgan fingerprint density at radius 2 is 1.90 bits per heavy atom. The van der Waals surface area contributed by atoms with Crippen LogP contribution in [-0.2, 0) is 6.54 Å². The summed E-state index contributed by atoms with van der Waals surface area (Å²) in [5.74, 6) is 0.681. The second-order valence-electron chi connectivity index (χ2n) is 5.17. The molecule has 0 aromatic heterocycles. The molecule has 2 aromatic carbocycles. The van der Waals surface area contributed by atoms with Gasteiger partial charge in [0.2, 0.25) is 0 Å². The van der Waals surface area contributed by atoms with E-state index in [1.54, 1.807) is 6.07 Å². The van der Waals surface area contributed by atoms with Crippen LogP contribution in [-0.4, -0.2) is 13.2 Å². The van der Waals surface area contributed by atoms with Crippen molar-refractivity contribution in [1.29, 1.82) is 0 Å². The molecular weight excluding hydrogens is 253 g/mol. The molecule has 0 amide bonds. The van der Waals surface area contributed by atoms with E-state index in [0.717, 1.165) is 41.8 Å². The van der Waals surface area contributed by atoms with Crippen molar-refractivity contribution in [3.05, 3.63) is 53.8 Å². The molecule has 1 fully saturated rings. The molecule has 2 aromatic rings. The second-order valence-corrected chi connectivity index (χ2v) is 5.17. The van der Waals surface area contributed by atoms with Gasteiger partial charge in [-0.05, 0) is 60.8 Å². The summed E-state index contributed by atoms with van der Waals surface area (Å²) in [4.78, 5) is 0. The zero-order valence-electron chi connectivity index (χ0n) is 11.5. The summed E-state index contributed by atoms with van der Waals surface area (Å²) < 4.78 is 19.2. The van der Waals surface area contributed by atoms with Crippen LogP contribution in [0.1, 0.15) is 18.4 Å². The lowest BCUT2D eigenvalue weighted by Gasteiger charge is -2.11. The first-order chi connectivity index (χ1) is 9.76. The Balaban J connectivity index is 1.88. The molecule has 104 valence electrons. The van der Waals surface area contributed by atoms with Crippen molar-refractivity contribution >= 4 is 0 Å². The Morgan fingerprint density at radius 3 is 2.55 bits per heavy atom. The highest BCUT2D eigenvalue weighted by Gasteiger charge is 2.23. The highest BCUT2D eigenvalue weighted by molar-refractivity contribution is 5.68. The highest BCUT2D eigenvalue weighted by atomic mass is 19.1. The molecule has 2 nitrogen and oxygen atoms in total. The van der Waals surface area contributed by atoms with Crippen LogP contribution < -0.4 is 10.1 Å². The number of hydrogen-bond donors (Lipinski definition) is 1. The number of halogens is 1. The van der Waals surface area contributed by atoms with Gasteiger partial charge in [-0.2, -0.15) is 0 Å². The van der Waals surface area contributed by atoms with Crippen LogP contribution in [0.4, 0.5) is 4.39 Å². The Labute approximate surface area is 118 Å².